The predicted molar refractivity (Wildman–Crippen MR) is 345 cm³/mol. The van der Waals surface area contributed by atoms with Gasteiger partial charge in [0.2, 0.25) is 0 Å². The molecule has 14 heteroatoms. The molecule has 12 aliphatic rings. The van der Waals surface area contributed by atoms with E-state index in [4.69, 9.17) is 14.2 Å². The van der Waals surface area contributed by atoms with Gasteiger partial charge in [0.25, 0.3) is 0 Å². The number of nitrogens with one attached hydrogen (secondary N) is 2. The van der Waals surface area contributed by atoms with E-state index in [1.807, 2.05) is 31.3 Å². The summed E-state index contributed by atoms with van der Waals surface area (Å²) in [5.41, 5.74) is 1.36. The third-order valence-electron chi connectivity index (χ3n) is 24.9. The summed E-state index contributed by atoms with van der Waals surface area (Å²) in [5.74, 6) is 10.3. The number of ketones is 1. The van der Waals surface area contributed by atoms with Crippen molar-refractivity contribution in [2.24, 2.45) is 53.3 Å². The lowest BCUT2D eigenvalue weighted by atomic mass is 9.40. The minimum atomic E-state index is -1.66. The van der Waals surface area contributed by atoms with E-state index in [1.165, 1.54) is 0 Å². The Balaban J connectivity index is 0.998. The smallest absolute Gasteiger partial charge is 0.334 e. The number of benzene rings is 3. The number of carbonyl (C=O) groups is 3. The molecule has 3 aromatic carbocycles. The van der Waals surface area contributed by atoms with Crippen molar-refractivity contribution in [1.29, 1.82) is 0 Å². The minimum absolute atomic E-state index is 0.0123. The highest BCUT2D eigenvalue weighted by Gasteiger charge is 2.69. The van der Waals surface area contributed by atoms with E-state index in [0.717, 1.165) is 127 Å². The molecule has 0 aromatic heterocycles. The standard InChI is InChI=1S/C77H96N2O12/c1-75(87)43-79-56-34-51(33-52(35-56)71(84)50(41-78-2)21-18-44-19-25-57(26-20-44)89-42-65(75)82)47-22-23-48-40-67(83)91-73-60(48)36-53(72(85)68(73)46-13-5-3-6-14-46)39-66-77(88)62-17-8-7-16-58(62)59-27-24-49-37-63(80)61(69(59)70(49)77)31-45-12-11-15-55(30-45)76(28-9-4-10-29-76)64(81)38-54(32-47)74(86)90-66/h11-12,15,30,33-36,38,44,46-50,57-59,61-62,64-66,69-71,78-79,81-82,84-85,87-88H,3-10,13-14,16-17,19-20,24-29,31-32,37,39-43H2,1-2H3/t44?,47-,48-,49-,50-,57?,58+,59-,61-,62-,64-,65+,66+,69+,70-,71+,75-,77+/m0/s1. The molecule has 0 radical (unpaired) electrons. The van der Waals surface area contributed by atoms with Gasteiger partial charge in [-0.1, -0.05) is 105 Å². The fourth-order valence-corrected chi connectivity index (χ4v) is 20.2. The molecule has 14 nitrogen and oxygen atoms in total. The monoisotopic (exact) mass is 1240 g/mol. The first-order chi connectivity index (χ1) is 44.0. The molecule has 5 aliphatic heterocycles. The predicted octanol–water partition coefficient (Wildman–Crippen LogP) is 10.6. The van der Waals surface area contributed by atoms with Crippen LogP contribution in [0.15, 0.2) is 60.2 Å². The Kier molecular flexibility index (Phi) is 17.7. The number of aliphatic hydroxyl groups is 5. The van der Waals surface area contributed by atoms with Crippen molar-refractivity contribution < 1.29 is 59.2 Å². The summed E-state index contributed by atoms with van der Waals surface area (Å²) in [6, 6.07) is 16.1. The van der Waals surface area contributed by atoms with Crippen LogP contribution in [-0.4, -0.2) is 111 Å². The van der Waals surface area contributed by atoms with Gasteiger partial charge in [-0.2, -0.15) is 0 Å². The van der Waals surface area contributed by atoms with Gasteiger partial charge in [0.05, 0.1) is 43.2 Å². The summed E-state index contributed by atoms with van der Waals surface area (Å²) in [4.78, 5) is 46.0. The number of anilines is 1. The van der Waals surface area contributed by atoms with E-state index in [0.29, 0.717) is 71.5 Å². The van der Waals surface area contributed by atoms with Crippen molar-refractivity contribution in [2.45, 2.75) is 232 Å². The summed E-state index contributed by atoms with van der Waals surface area (Å²) >= 11 is 0. The third-order valence-corrected chi connectivity index (χ3v) is 24.9. The molecule has 8 N–H and O–H groups in total. The number of ether oxygens (including phenoxy) is 3. The number of hydrogen-bond donors (Lipinski definition) is 8. The van der Waals surface area contributed by atoms with Gasteiger partial charge in [-0.25, -0.2) is 4.79 Å². The Morgan fingerprint density at radius 1 is 0.736 bits per heavy atom. The molecule has 0 amide bonds. The maximum atomic E-state index is 16.6. The van der Waals surface area contributed by atoms with Gasteiger partial charge in [-0.3, -0.25) is 9.59 Å². The molecule has 486 valence electrons. The first kappa shape index (κ1) is 62.9. The maximum Gasteiger partial charge on any atom is 0.334 e. The average Bonchev–Trinajstić information content (AvgIpc) is 0.850. The summed E-state index contributed by atoms with van der Waals surface area (Å²) in [7, 11) is 1.84. The van der Waals surface area contributed by atoms with E-state index in [1.54, 1.807) is 13.0 Å². The van der Waals surface area contributed by atoms with Crippen molar-refractivity contribution >= 4 is 23.4 Å². The normalized spacial score (nSPS) is 38.1. The number of aromatic hydroxyl groups is 1. The molecule has 3 aromatic rings. The molecule has 1 spiro atoms. The summed E-state index contributed by atoms with van der Waals surface area (Å²) in [6.07, 6.45) is 14.3. The second-order valence-electron chi connectivity index (χ2n) is 30.3. The number of Topliss-reactive ketones (excluding diaryl/α,β-unsaturated/α-hetero) is 1. The zero-order valence-electron chi connectivity index (χ0n) is 53.4. The molecule has 16 bridgehead atoms. The van der Waals surface area contributed by atoms with Crippen molar-refractivity contribution in [1.82, 2.24) is 5.32 Å². The molecule has 0 unspecified atom stereocenters. The Morgan fingerprint density at radius 2 is 1.49 bits per heavy atom. The quantitative estimate of drug-likeness (QED) is 0.0692. The van der Waals surface area contributed by atoms with Gasteiger partial charge in [0, 0.05) is 71.5 Å². The number of esters is 2. The number of fused-ring (bicyclic) bond motifs is 20. The SMILES string of the molecule is CNC[C@@H]1C#CC2CCC(CC2)OC[C@@H](O)[C@@](C)(O)CNc2cc([C@H]3C#C[C@H]4CC(=O)Oc5c4cc(c(O)c5C4CCCCC4)C[C@H]4OC(=O)C(=C[C@H](O)C5(CCCCC5)c5cccc(c5)C[C@H]5C(=O)C[C@@H]6CC[C@H]7[C@H]8CCCC[C@@H]8[C@]4(O)[C@@H]6[C@H]75)C3)cc(c2)[C@@H]1O. The van der Waals surface area contributed by atoms with Crippen molar-refractivity contribution in [3.63, 3.8) is 0 Å². The average molecular weight is 1240 g/mol. The van der Waals surface area contributed by atoms with E-state index in [-0.39, 0.29) is 103 Å². The molecule has 91 heavy (non-hydrogen) atoms. The number of phenolic OH excluding ortho intramolecular Hbond substituents is 1. The Hall–Kier alpha value is -5.55. The lowest BCUT2D eigenvalue weighted by molar-refractivity contribution is -0.265. The Morgan fingerprint density at radius 3 is 2.30 bits per heavy atom. The zero-order chi connectivity index (χ0) is 62.9. The zero-order valence-corrected chi connectivity index (χ0v) is 53.4. The second-order valence-corrected chi connectivity index (χ2v) is 30.3. The third kappa shape index (κ3) is 11.8. The van der Waals surface area contributed by atoms with Gasteiger partial charge in [-0.15, -0.1) is 0 Å². The first-order valence-electron chi connectivity index (χ1n) is 35.3. The molecule has 7 fully saturated rings. The van der Waals surface area contributed by atoms with Gasteiger partial charge < -0.3 is 55.5 Å². The van der Waals surface area contributed by atoms with Gasteiger partial charge in [0.15, 0.2) is 0 Å². The van der Waals surface area contributed by atoms with Gasteiger partial charge in [0.1, 0.15) is 40.7 Å². The lowest BCUT2D eigenvalue weighted by Crippen LogP contribution is -2.71. The highest BCUT2D eigenvalue weighted by atomic mass is 16.6. The molecular weight excluding hydrogens is 1140 g/mol. The van der Waals surface area contributed by atoms with Crippen LogP contribution >= 0.6 is 0 Å². The fourth-order valence-electron chi connectivity index (χ4n) is 20.2. The largest absolute Gasteiger partial charge is 0.507 e. The number of phenols is 1. The van der Waals surface area contributed by atoms with Crippen LogP contribution in [0.25, 0.3) is 0 Å². The molecule has 0 saturated heterocycles. The summed E-state index contributed by atoms with van der Waals surface area (Å²) in [5, 5.41) is 84.6. The highest BCUT2D eigenvalue weighted by molar-refractivity contribution is 5.89. The van der Waals surface area contributed by atoms with Crippen LogP contribution in [0.4, 0.5) is 5.69 Å². The van der Waals surface area contributed by atoms with Crippen LogP contribution in [0.1, 0.15) is 217 Å². The van der Waals surface area contributed by atoms with E-state index in [9.17, 15) is 35.4 Å². The van der Waals surface area contributed by atoms with Crippen LogP contribution < -0.4 is 15.4 Å². The molecule has 5 heterocycles. The fraction of sp³-hybridized carbons (Fsp3) is 0.649. The van der Waals surface area contributed by atoms with Crippen molar-refractivity contribution in [3.05, 3.63) is 99.1 Å². The van der Waals surface area contributed by atoms with Crippen molar-refractivity contribution in [2.75, 3.05) is 32.1 Å². The van der Waals surface area contributed by atoms with Crippen LogP contribution in [0, 0.1) is 76.9 Å². The first-order valence-corrected chi connectivity index (χ1v) is 35.3. The van der Waals surface area contributed by atoms with Crippen LogP contribution in [0.2, 0.25) is 0 Å². The molecule has 15 rings (SSSR count). The minimum Gasteiger partial charge on any atom is -0.507 e. The van der Waals surface area contributed by atoms with Gasteiger partial charge in [-0.05, 0) is 197 Å². The number of carbonyl (C=O) groups excluding carboxylic acids is 3. The van der Waals surface area contributed by atoms with Crippen LogP contribution in [0.3, 0.4) is 0 Å². The Labute approximate surface area is 537 Å². The van der Waals surface area contributed by atoms with Crippen LogP contribution in [0.5, 0.6) is 11.5 Å². The van der Waals surface area contributed by atoms with Crippen molar-refractivity contribution in [3.8, 4) is 35.2 Å². The molecular formula is C77H96N2O12. The maximum absolute atomic E-state index is 16.6. The number of rotatable bonds is 4. The lowest BCUT2D eigenvalue weighted by Gasteiger charge is -2.66. The highest BCUT2D eigenvalue weighted by Crippen LogP contribution is 2.66. The van der Waals surface area contributed by atoms with E-state index in [2.05, 4.69) is 58.6 Å². The number of aliphatic hydroxyl groups excluding tert-OH is 3. The second kappa shape index (κ2) is 25.6. The van der Waals surface area contributed by atoms with E-state index >= 15 is 9.59 Å². The number of hydrogen-bond acceptors (Lipinski definition) is 14. The summed E-state index contributed by atoms with van der Waals surface area (Å²) in [6.45, 7) is 1.78. The van der Waals surface area contributed by atoms with Gasteiger partial charge >= 0.3 is 11.9 Å². The molecule has 7 saturated carbocycles. The molecule has 16 atom stereocenters. The van der Waals surface area contributed by atoms with E-state index < -0.39 is 76.6 Å². The molecule has 7 aliphatic carbocycles. The topological polar surface area (TPSA) is 224 Å². The summed E-state index contributed by atoms with van der Waals surface area (Å²) < 4.78 is 19.9. The Bertz CT molecular complexity index is 3420. The van der Waals surface area contributed by atoms with Crippen LogP contribution in [-0.2, 0) is 42.1 Å².